The van der Waals surface area contributed by atoms with Crippen molar-refractivity contribution in [2.75, 3.05) is 0 Å². The zero-order valence-corrected chi connectivity index (χ0v) is 24.2. The van der Waals surface area contributed by atoms with Gasteiger partial charge in [-0.1, -0.05) is 137 Å². The maximum atomic E-state index is 11.0. The Morgan fingerprint density at radius 1 is 0.641 bits per heavy atom. The van der Waals surface area contributed by atoms with E-state index in [-0.39, 0.29) is 5.92 Å². The first-order valence-electron chi connectivity index (χ1n) is 14.3. The van der Waals surface area contributed by atoms with Crippen LogP contribution in [-0.4, -0.2) is 4.89 Å². The highest BCUT2D eigenvalue weighted by Crippen LogP contribution is 2.43. The van der Waals surface area contributed by atoms with Gasteiger partial charge < -0.3 is 13.9 Å². The van der Waals surface area contributed by atoms with Crippen LogP contribution >= 0.6 is 8.60 Å². The molecule has 2 unspecified atom stereocenters. The van der Waals surface area contributed by atoms with E-state index < -0.39 is 8.60 Å². The Labute approximate surface area is 235 Å². The summed E-state index contributed by atoms with van der Waals surface area (Å²) in [6.07, 6.45) is 9.81. The fraction of sp³-hybridized carbons (Fsp3) is 0.314. The van der Waals surface area contributed by atoms with Crippen LogP contribution in [0.5, 0.6) is 11.5 Å². The van der Waals surface area contributed by atoms with Gasteiger partial charge in [-0.05, 0) is 53.3 Å². The minimum absolute atomic E-state index is 0.0814. The number of unbranched alkanes of at least 4 members (excludes halogenated alkanes) is 6. The third kappa shape index (κ3) is 8.68. The molecule has 204 valence electrons. The second kappa shape index (κ2) is 15.5. The molecule has 0 amide bonds. The number of hydrogen-bond donors (Lipinski definition) is 1. The number of hydrogen-bond acceptors (Lipinski definition) is 3. The molecule has 0 saturated carbocycles. The summed E-state index contributed by atoms with van der Waals surface area (Å²) in [7, 11) is -2.15. The average Bonchev–Trinajstić information content (AvgIpc) is 2.98. The maximum Gasteiger partial charge on any atom is 0.460 e. The normalized spacial score (nSPS) is 12.6. The van der Waals surface area contributed by atoms with Crippen molar-refractivity contribution in [2.24, 2.45) is 0 Å². The molecule has 39 heavy (non-hydrogen) atoms. The summed E-state index contributed by atoms with van der Waals surface area (Å²) < 4.78 is 12.1. The molecule has 3 nitrogen and oxygen atoms in total. The van der Waals surface area contributed by atoms with Gasteiger partial charge >= 0.3 is 8.60 Å². The summed E-state index contributed by atoms with van der Waals surface area (Å²) in [5, 5.41) is 0. The zero-order chi connectivity index (χ0) is 27.3. The highest BCUT2D eigenvalue weighted by atomic mass is 31.2. The average molecular weight is 541 g/mol. The summed E-state index contributed by atoms with van der Waals surface area (Å²) >= 11 is 0. The van der Waals surface area contributed by atoms with Gasteiger partial charge in [0.05, 0.1) is 0 Å². The van der Waals surface area contributed by atoms with Gasteiger partial charge in [-0.3, -0.25) is 0 Å². The molecular formula is C35H41O3P. The van der Waals surface area contributed by atoms with E-state index in [0.29, 0.717) is 11.5 Å². The van der Waals surface area contributed by atoms with Crippen molar-refractivity contribution < 1.29 is 13.9 Å². The molecule has 0 aliphatic rings. The van der Waals surface area contributed by atoms with E-state index in [9.17, 15) is 4.89 Å². The van der Waals surface area contributed by atoms with E-state index in [2.05, 4.69) is 62.4 Å². The van der Waals surface area contributed by atoms with Crippen LogP contribution in [0, 0.1) is 0 Å². The minimum Gasteiger partial charge on any atom is -0.418 e. The lowest BCUT2D eigenvalue weighted by molar-refractivity contribution is 0.377. The predicted molar refractivity (Wildman–Crippen MR) is 164 cm³/mol. The highest BCUT2D eigenvalue weighted by molar-refractivity contribution is 7.41. The van der Waals surface area contributed by atoms with Gasteiger partial charge in [0, 0.05) is 11.5 Å². The predicted octanol–water partition coefficient (Wildman–Crippen LogP) is 10.5. The van der Waals surface area contributed by atoms with E-state index >= 15 is 0 Å². The Morgan fingerprint density at radius 2 is 1.26 bits per heavy atom. The number of aryl methyl sites for hydroxylation is 1. The zero-order valence-electron chi connectivity index (χ0n) is 23.3. The Hall–Kier alpha value is -3.13. The summed E-state index contributed by atoms with van der Waals surface area (Å²) in [6.45, 7) is 4.42. The molecule has 4 aromatic rings. The maximum absolute atomic E-state index is 11.0. The van der Waals surface area contributed by atoms with E-state index in [1.807, 2.05) is 54.6 Å². The van der Waals surface area contributed by atoms with Gasteiger partial charge in [0.25, 0.3) is 0 Å². The lowest BCUT2D eigenvalue weighted by Gasteiger charge is -2.21. The van der Waals surface area contributed by atoms with Crippen LogP contribution in [0.1, 0.15) is 81.4 Å². The number of benzene rings is 4. The van der Waals surface area contributed by atoms with Crippen molar-refractivity contribution in [3.8, 4) is 22.6 Å². The van der Waals surface area contributed by atoms with Gasteiger partial charge in [0.2, 0.25) is 0 Å². The standard InChI is InChI=1S/C35H41O3P/c1-3-4-5-6-7-8-11-22-31-23-16-17-24-34(31)37-39(36)38-35-26-25-32(30-20-14-10-15-21-30)27-33(35)28(2)29-18-12-9-13-19-29/h9-10,12-21,23-28,36H,3-8,11,22H2,1-2H3. The van der Waals surface area contributed by atoms with Crippen LogP contribution in [0.2, 0.25) is 0 Å². The lowest BCUT2D eigenvalue weighted by atomic mass is 9.90. The fourth-order valence-corrected chi connectivity index (χ4v) is 5.68. The first-order chi connectivity index (χ1) is 19.2. The van der Waals surface area contributed by atoms with Gasteiger partial charge in [-0.25, -0.2) is 0 Å². The molecule has 4 aromatic carbocycles. The summed E-state index contributed by atoms with van der Waals surface area (Å²) in [5.41, 5.74) is 5.59. The first-order valence-corrected chi connectivity index (χ1v) is 15.5. The SMILES string of the molecule is CCCCCCCCCc1ccccc1OP(O)Oc1ccc(-c2ccccc2)cc1C(C)c1ccccc1. The van der Waals surface area contributed by atoms with Crippen molar-refractivity contribution >= 4 is 8.60 Å². The number of rotatable bonds is 15. The Balaban J connectivity index is 1.47. The molecule has 0 spiro atoms. The molecule has 0 saturated heterocycles. The third-order valence-corrected chi connectivity index (χ3v) is 7.96. The molecule has 1 N–H and O–H groups in total. The molecule has 2 atom stereocenters. The molecule has 4 rings (SSSR count). The highest BCUT2D eigenvalue weighted by Gasteiger charge is 2.20. The third-order valence-electron chi connectivity index (χ3n) is 7.26. The van der Waals surface area contributed by atoms with Crippen molar-refractivity contribution in [1.82, 2.24) is 0 Å². The quantitative estimate of drug-likeness (QED) is 0.120. The molecular weight excluding hydrogens is 499 g/mol. The molecule has 0 fully saturated rings. The van der Waals surface area contributed by atoms with Crippen LogP contribution in [-0.2, 0) is 6.42 Å². The topological polar surface area (TPSA) is 38.7 Å². The summed E-state index contributed by atoms with van der Waals surface area (Å²) in [4.78, 5) is 11.0. The molecule has 0 aromatic heterocycles. The molecule has 0 heterocycles. The molecule has 0 bridgehead atoms. The van der Waals surface area contributed by atoms with Gasteiger partial charge in [0.1, 0.15) is 11.5 Å². The van der Waals surface area contributed by atoms with E-state index in [4.69, 9.17) is 9.05 Å². The van der Waals surface area contributed by atoms with Gasteiger partial charge in [0.15, 0.2) is 0 Å². The summed E-state index contributed by atoms with van der Waals surface area (Å²) in [5.74, 6) is 1.43. The van der Waals surface area contributed by atoms with Crippen LogP contribution in [0.15, 0.2) is 103 Å². The molecule has 0 aliphatic carbocycles. The second-order valence-corrected chi connectivity index (χ2v) is 11.0. The van der Waals surface area contributed by atoms with Gasteiger partial charge in [-0.15, -0.1) is 0 Å². The summed E-state index contributed by atoms with van der Waals surface area (Å²) in [6, 6.07) is 34.9. The largest absolute Gasteiger partial charge is 0.460 e. The number of para-hydroxylation sites is 1. The minimum atomic E-state index is -2.15. The van der Waals surface area contributed by atoms with E-state index in [1.54, 1.807) is 0 Å². The van der Waals surface area contributed by atoms with Crippen molar-refractivity contribution in [3.05, 3.63) is 120 Å². The van der Waals surface area contributed by atoms with Crippen molar-refractivity contribution in [2.45, 2.75) is 71.1 Å². The van der Waals surface area contributed by atoms with Crippen molar-refractivity contribution in [1.29, 1.82) is 0 Å². The first kappa shape index (κ1) is 28.9. The molecule has 0 aliphatic heterocycles. The monoisotopic (exact) mass is 540 g/mol. The fourth-order valence-electron chi connectivity index (χ4n) is 4.96. The molecule has 4 heteroatoms. The Kier molecular flexibility index (Phi) is 11.4. The molecule has 0 radical (unpaired) electrons. The van der Waals surface area contributed by atoms with Crippen LogP contribution < -0.4 is 9.05 Å². The second-order valence-electron chi connectivity index (χ2n) is 10.2. The van der Waals surface area contributed by atoms with Crippen molar-refractivity contribution in [3.63, 3.8) is 0 Å². The van der Waals surface area contributed by atoms with E-state index in [1.165, 1.54) is 44.1 Å². The lowest BCUT2D eigenvalue weighted by Crippen LogP contribution is -2.03. The Bertz CT molecular complexity index is 1260. The smallest absolute Gasteiger partial charge is 0.418 e. The van der Waals surface area contributed by atoms with Gasteiger partial charge in [-0.2, -0.15) is 0 Å². The van der Waals surface area contributed by atoms with E-state index in [0.717, 1.165) is 35.1 Å². The van der Waals surface area contributed by atoms with Crippen LogP contribution in [0.3, 0.4) is 0 Å². The van der Waals surface area contributed by atoms with Crippen LogP contribution in [0.4, 0.5) is 0 Å². The Morgan fingerprint density at radius 3 is 2.00 bits per heavy atom. The van der Waals surface area contributed by atoms with Crippen LogP contribution in [0.25, 0.3) is 11.1 Å².